The second-order valence-corrected chi connectivity index (χ2v) is 4.91. The standard InChI is InChI=1S/C11H14BrN5O2/c1-2-3-13-10-9(12)11(15-6-14-10)17-4-7(18)16-8(19)5-17/h6H,2-5H2,1H3,(H,13,14,15)(H,16,18,19). The zero-order chi connectivity index (χ0) is 13.8. The van der Waals surface area contributed by atoms with Gasteiger partial charge in [-0.25, -0.2) is 9.97 Å². The van der Waals surface area contributed by atoms with Crippen molar-refractivity contribution in [3.63, 3.8) is 0 Å². The summed E-state index contributed by atoms with van der Waals surface area (Å²) in [6.07, 6.45) is 2.38. The monoisotopic (exact) mass is 327 g/mol. The van der Waals surface area contributed by atoms with Gasteiger partial charge in [0.15, 0.2) is 0 Å². The van der Waals surface area contributed by atoms with Crippen LogP contribution >= 0.6 is 15.9 Å². The van der Waals surface area contributed by atoms with Crippen molar-refractivity contribution in [1.82, 2.24) is 15.3 Å². The van der Waals surface area contributed by atoms with Gasteiger partial charge >= 0.3 is 0 Å². The van der Waals surface area contributed by atoms with Crippen LogP contribution in [0.25, 0.3) is 0 Å². The molecule has 2 amide bonds. The Morgan fingerprint density at radius 1 is 1.37 bits per heavy atom. The molecule has 1 fully saturated rings. The fraction of sp³-hybridized carbons (Fsp3) is 0.455. The lowest BCUT2D eigenvalue weighted by Crippen LogP contribution is -2.51. The first-order valence-electron chi connectivity index (χ1n) is 5.93. The molecule has 1 aromatic rings. The summed E-state index contributed by atoms with van der Waals surface area (Å²) in [4.78, 5) is 32.6. The molecule has 0 aromatic carbocycles. The molecule has 2 N–H and O–H groups in total. The lowest BCUT2D eigenvalue weighted by molar-refractivity contribution is -0.130. The number of rotatable bonds is 4. The van der Waals surface area contributed by atoms with Crippen LogP contribution in [0.4, 0.5) is 11.6 Å². The van der Waals surface area contributed by atoms with E-state index in [4.69, 9.17) is 0 Å². The molecular formula is C11H14BrN5O2. The Balaban J connectivity index is 2.24. The van der Waals surface area contributed by atoms with Crippen LogP contribution in [-0.4, -0.2) is 41.4 Å². The number of halogens is 1. The van der Waals surface area contributed by atoms with Gasteiger partial charge in [-0.15, -0.1) is 0 Å². The first kappa shape index (κ1) is 13.7. The normalized spacial score (nSPS) is 15.4. The number of hydrogen-bond acceptors (Lipinski definition) is 6. The van der Waals surface area contributed by atoms with Gasteiger partial charge in [0, 0.05) is 6.54 Å². The smallest absolute Gasteiger partial charge is 0.246 e. The van der Waals surface area contributed by atoms with Gasteiger partial charge in [-0.3, -0.25) is 14.9 Å². The van der Waals surface area contributed by atoms with Gasteiger partial charge in [0.2, 0.25) is 11.8 Å². The quantitative estimate of drug-likeness (QED) is 0.784. The molecule has 1 aliphatic rings. The Bertz CT molecular complexity index is 492. The van der Waals surface area contributed by atoms with E-state index in [0.717, 1.165) is 13.0 Å². The summed E-state index contributed by atoms with van der Waals surface area (Å²) in [6.45, 7) is 3.05. The summed E-state index contributed by atoms with van der Waals surface area (Å²) in [6, 6.07) is 0. The molecule has 0 spiro atoms. The van der Waals surface area contributed by atoms with E-state index in [2.05, 4.69) is 43.5 Å². The fourth-order valence-corrected chi connectivity index (χ4v) is 2.33. The topological polar surface area (TPSA) is 87.2 Å². The van der Waals surface area contributed by atoms with Crippen molar-refractivity contribution in [2.45, 2.75) is 13.3 Å². The van der Waals surface area contributed by atoms with Gasteiger partial charge in [-0.1, -0.05) is 6.92 Å². The van der Waals surface area contributed by atoms with Crippen molar-refractivity contribution in [3.8, 4) is 0 Å². The Kier molecular flexibility index (Phi) is 4.31. The number of hydrogen-bond donors (Lipinski definition) is 2. The summed E-state index contributed by atoms with van der Waals surface area (Å²) < 4.78 is 0.658. The van der Waals surface area contributed by atoms with E-state index < -0.39 is 0 Å². The van der Waals surface area contributed by atoms with Crippen molar-refractivity contribution in [2.24, 2.45) is 0 Å². The number of carbonyl (C=O) groups is 2. The number of anilines is 2. The minimum atomic E-state index is -0.329. The largest absolute Gasteiger partial charge is 0.369 e. The molecular weight excluding hydrogens is 314 g/mol. The van der Waals surface area contributed by atoms with E-state index in [1.807, 2.05) is 0 Å². The summed E-state index contributed by atoms with van der Waals surface area (Å²) in [5.41, 5.74) is 0. The summed E-state index contributed by atoms with van der Waals surface area (Å²) >= 11 is 3.41. The molecule has 0 aliphatic carbocycles. The number of imide groups is 1. The number of piperazine rings is 1. The lowest BCUT2D eigenvalue weighted by atomic mass is 10.3. The van der Waals surface area contributed by atoms with Crippen LogP contribution < -0.4 is 15.5 Å². The number of nitrogens with one attached hydrogen (secondary N) is 2. The van der Waals surface area contributed by atoms with Gasteiger partial charge in [-0.05, 0) is 22.4 Å². The third kappa shape index (κ3) is 3.19. The van der Waals surface area contributed by atoms with E-state index in [1.165, 1.54) is 6.33 Å². The highest BCUT2D eigenvalue weighted by atomic mass is 79.9. The average molecular weight is 328 g/mol. The van der Waals surface area contributed by atoms with Crippen molar-refractivity contribution in [3.05, 3.63) is 10.8 Å². The molecule has 0 unspecified atom stereocenters. The van der Waals surface area contributed by atoms with Crippen LogP contribution in [-0.2, 0) is 9.59 Å². The molecule has 19 heavy (non-hydrogen) atoms. The predicted molar refractivity (Wildman–Crippen MR) is 73.9 cm³/mol. The molecule has 1 aromatic heterocycles. The number of aromatic nitrogens is 2. The molecule has 1 saturated heterocycles. The maximum absolute atomic E-state index is 11.4. The second-order valence-electron chi connectivity index (χ2n) is 4.11. The van der Waals surface area contributed by atoms with Gasteiger partial charge in [-0.2, -0.15) is 0 Å². The van der Waals surface area contributed by atoms with Crippen LogP contribution in [0.2, 0.25) is 0 Å². The first-order chi connectivity index (χ1) is 9.11. The summed E-state index contributed by atoms with van der Waals surface area (Å²) in [7, 11) is 0. The van der Waals surface area contributed by atoms with E-state index in [0.29, 0.717) is 16.1 Å². The maximum atomic E-state index is 11.4. The third-order valence-electron chi connectivity index (χ3n) is 2.56. The predicted octanol–water partition coefficient (Wildman–Crippen LogP) is 0.524. The van der Waals surface area contributed by atoms with Crippen LogP contribution in [0.15, 0.2) is 10.8 Å². The van der Waals surface area contributed by atoms with E-state index in [9.17, 15) is 9.59 Å². The second kappa shape index (κ2) is 5.96. The molecule has 0 radical (unpaired) electrons. The van der Waals surface area contributed by atoms with Crippen molar-refractivity contribution < 1.29 is 9.59 Å². The molecule has 0 atom stereocenters. The van der Waals surface area contributed by atoms with Crippen LogP contribution in [0.1, 0.15) is 13.3 Å². The van der Waals surface area contributed by atoms with Gasteiger partial charge < -0.3 is 10.2 Å². The van der Waals surface area contributed by atoms with Crippen molar-refractivity contribution >= 4 is 39.4 Å². The van der Waals surface area contributed by atoms with Gasteiger partial charge in [0.05, 0.1) is 13.1 Å². The molecule has 2 heterocycles. The fourth-order valence-electron chi connectivity index (χ4n) is 1.73. The Labute approximate surface area is 118 Å². The van der Waals surface area contributed by atoms with Crippen LogP contribution in [0.3, 0.4) is 0 Å². The number of carbonyl (C=O) groups excluding carboxylic acids is 2. The SMILES string of the molecule is CCCNc1ncnc(N2CC(=O)NC(=O)C2)c1Br. The number of amides is 2. The molecule has 0 saturated carbocycles. The lowest BCUT2D eigenvalue weighted by Gasteiger charge is -2.27. The average Bonchev–Trinajstić information content (AvgIpc) is 2.36. The minimum Gasteiger partial charge on any atom is -0.369 e. The Morgan fingerprint density at radius 3 is 2.68 bits per heavy atom. The van der Waals surface area contributed by atoms with Crippen molar-refractivity contribution in [1.29, 1.82) is 0 Å². The maximum Gasteiger partial charge on any atom is 0.246 e. The summed E-state index contributed by atoms with van der Waals surface area (Å²) in [5.74, 6) is 0.539. The molecule has 0 bridgehead atoms. The van der Waals surface area contributed by atoms with Gasteiger partial charge in [0.25, 0.3) is 0 Å². The van der Waals surface area contributed by atoms with Crippen LogP contribution in [0.5, 0.6) is 0 Å². The zero-order valence-corrected chi connectivity index (χ0v) is 12.0. The van der Waals surface area contributed by atoms with E-state index >= 15 is 0 Å². The zero-order valence-electron chi connectivity index (χ0n) is 10.4. The van der Waals surface area contributed by atoms with Crippen LogP contribution in [0, 0.1) is 0 Å². The van der Waals surface area contributed by atoms with E-state index in [1.54, 1.807) is 4.90 Å². The molecule has 8 heteroatoms. The Morgan fingerprint density at radius 2 is 2.05 bits per heavy atom. The Hall–Kier alpha value is -1.70. The summed E-state index contributed by atoms with van der Waals surface area (Å²) in [5, 5.41) is 5.41. The molecule has 102 valence electrons. The molecule has 2 rings (SSSR count). The highest BCUT2D eigenvalue weighted by Gasteiger charge is 2.25. The third-order valence-corrected chi connectivity index (χ3v) is 3.29. The van der Waals surface area contributed by atoms with Gasteiger partial charge in [0.1, 0.15) is 22.4 Å². The first-order valence-corrected chi connectivity index (χ1v) is 6.73. The van der Waals surface area contributed by atoms with E-state index in [-0.39, 0.29) is 24.9 Å². The highest BCUT2D eigenvalue weighted by molar-refractivity contribution is 9.10. The molecule has 1 aliphatic heterocycles. The minimum absolute atomic E-state index is 0.106. The highest BCUT2D eigenvalue weighted by Crippen LogP contribution is 2.29. The van der Waals surface area contributed by atoms with Crippen molar-refractivity contribution in [2.75, 3.05) is 29.9 Å². The molecule has 7 nitrogen and oxygen atoms in total. The number of nitrogens with zero attached hydrogens (tertiary/aromatic N) is 3.